The number of hydrogen-bond donors (Lipinski definition) is 4. The van der Waals surface area contributed by atoms with Crippen molar-refractivity contribution in [2.75, 3.05) is 25.0 Å². The van der Waals surface area contributed by atoms with Crippen LogP contribution >= 0.6 is 0 Å². The smallest absolute Gasteiger partial charge is 0.412 e. The van der Waals surface area contributed by atoms with Crippen molar-refractivity contribution < 1.29 is 19.5 Å². The van der Waals surface area contributed by atoms with Gasteiger partial charge in [-0.1, -0.05) is 12.1 Å². The minimum absolute atomic E-state index is 0.0366. The Hall–Kier alpha value is -2.16. The van der Waals surface area contributed by atoms with E-state index in [2.05, 4.69) is 21.6 Å². The molecule has 2 amide bonds. The van der Waals surface area contributed by atoms with E-state index < -0.39 is 11.7 Å². The molecular weight excluding hydrogens is 360 g/mol. The van der Waals surface area contributed by atoms with Crippen molar-refractivity contribution in [2.45, 2.75) is 58.7 Å². The van der Waals surface area contributed by atoms with Gasteiger partial charge in [-0.15, -0.1) is 0 Å². The van der Waals surface area contributed by atoms with E-state index >= 15 is 0 Å². The Morgan fingerprint density at radius 1 is 1.32 bits per heavy atom. The lowest BCUT2D eigenvalue weighted by atomic mass is 10.0. The summed E-state index contributed by atoms with van der Waals surface area (Å²) in [6.45, 7) is 9.71. The molecule has 0 bridgehead atoms. The van der Waals surface area contributed by atoms with Gasteiger partial charge in [0.25, 0.3) is 0 Å². The van der Waals surface area contributed by atoms with Gasteiger partial charge in [0, 0.05) is 24.8 Å². The molecule has 8 nitrogen and oxygen atoms in total. The van der Waals surface area contributed by atoms with Gasteiger partial charge in [0.05, 0.1) is 6.54 Å². The van der Waals surface area contributed by atoms with Gasteiger partial charge in [-0.05, 0) is 64.3 Å². The van der Waals surface area contributed by atoms with E-state index in [0.29, 0.717) is 6.54 Å². The molecule has 1 heterocycles. The Morgan fingerprint density at radius 3 is 2.75 bits per heavy atom. The fourth-order valence-corrected chi connectivity index (χ4v) is 3.39. The van der Waals surface area contributed by atoms with Gasteiger partial charge in [-0.25, -0.2) is 4.79 Å². The van der Waals surface area contributed by atoms with Crippen molar-refractivity contribution in [1.29, 1.82) is 0 Å². The summed E-state index contributed by atoms with van der Waals surface area (Å²) in [7, 11) is 0. The lowest BCUT2D eigenvalue weighted by Crippen LogP contribution is -2.44. The number of nitrogens with one attached hydrogen (secondary N) is 3. The summed E-state index contributed by atoms with van der Waals surface area (Å²) in [6.07, 6.45) is 1.38. The van der Waals surface area contributed by atoms with Gasteiger partial charge in [0.2, 0.25) is 5.91 Å². The maximum absolute atomic E-state index is 12.2. The minimum Gasteiger partial charge on any atom is -0.444 e. The molecular formula is C20H32N4O4. The predicted octanol–water partition coefficient (Wildman–Crippen LogP) is 2.27. The Bertz CT molecular complexity index is 687. The van der Waals surface area contributed by atoms with E-state index in [0.717, 1.165) is 37.2 Å². The number of anilines is 1. The summed E-state index contributed by atoms with van der Waals surface area (Å²) in [5.74, 6) is -0.242. The normalized spacial score (nSPS) is 15.9. The van der Waals surface area contributed by atoms with Crippen LogP contribution in [0.3, 0.4) is 0 Å². The second-order valence-electron chi connectivity index (χ2n) is 8.21. The van der Waals surface area contributed by atoms with Crippen molar-refractivity contribution in [3.8, 4) is 0 Å². The third-order valence-electron chi connectivity index (χ3n) is 4.38. The fourth-order valence-electron chi connectivity index (χ4n) is 3.39. The first-order valence-corrected chi connectivity index (χ1v) is 9.67. The van der Waals surface area contributed by atoms with Gasteiger partial charge >= 0.3 is 6.09 Å². The maximum Gasteiger partial charge on any atom is 0.412 e. The van der Waals surface area contributed by atoms with Crippen molar-refractivity contribution in [1.82, 2.24) is 15.7 Å². The van der Waals surface area contributed by atoms with Crippen LogP contribution in [0, 0.1) is 0 Å². The molecule has 4 N–H and O–H groups in total. The monoisotopic (exact) mass is 392 g/mol. The zero-order valence-corrected chi connectivity index (χ0v) is 17.2. The average Bonchev–Trinajstić information content (AvgIpc) is 2.75. The fraction of sp³-hybridized carbons (Fsp3) is 0.600. The summed E-state index contributed by atoms with van der Waals surface area (Å²) in [5.41, 5.74) is 4.42. The summed E-state index contributed by atoms with van der Waals surface area (Å²) < 4.78 is 5.37. The summed E-state index contributed by atoms with van der Waals surface area (Å²) in [5, 5.41) is 14.3. The van der Waals surface area contributed by atoms with Crippen LogP contribution in [-0.4, -0.2) is 53.4 Å². The quantitative estimate of drug-likeness (QED) is 0.554. The molecule has 1 atom stereocenters. The number of nitrogens with zero attached hydrogens (tertiary/aromatic N) is 1. The van der Waals surface area contributed by atoms with Crippen LogP contribution in [-0.2, 0) is 22.5 Å². The third kappa shape index (κ3) is 7.10. The lowest BCUT2D eigenvalue weighted by molar-refractivity contribution is -0.122. The van der Waals surface area contributed by atoms with E-state index in [9.17, 15) is 9.59 Å². The molecule has 0 unspecified atom stereocenters. The van der Waals surface area contributed by atoms with Crippen LogP contribution in [0.25, 0.3) is 0 Å². The Balaban J connectivity index is 2.03. The Kier molecular flexibility index (Phi) is 7.79. The van der Waals surface area contributed by atoms with Crippen LogP contribution in [0.15, 0.2) is 18.2 Å². The van der Waals surface area contributed by atoms with Crippen LogP contribution in [0.1, 0.15) is 45.2 Å². The molecule has 0 spiro atoms. The zero-order valence-electron chi connectivity index (χ0n) is 17.2. The number of ether oxygens (including phenoxy) is 1. The standard InChI is InChI=1S/C20H32N4O4/c1-14(22-18(25)11-21-27)12-24-10-6-8-16-15(13-24)7-5-9-17(16)23-19(26)28-20(2,3)4/h5,7,9,14,21,27H,6,8,10-13H2,1-4H3,(H,22,25)(H,23,26)/t14-/m0/s1. The summed E-state index contributed by atoms with van der Waals surface area (Å²) in [6, 6.07) is 5.88. The molecule has 2 rings (SSSR count). The van der Waals surface area contributed by atoms with Crippen molar-refractivity contribution in [3.05, 3.63) is 29.3 Å². The second kappa shape index (κ2) is 9.86. The highest BCUT2D eigenvalue weighted by atomic mass is 16.6. The molecule has 0 saturated heterocycles. The molecule has 8 heteroatoms. The molecule has 1 aromatic carbocycles. The predicted molar refractivity (Wildman–Crippen MR) is 107 cm³/mol. The first kappa shape index (κ1) is 22.1. The number of carbonyl (C=O) groups is 2. The molecule has 1 aliphatic heterocycles. The minimum atomic E-state index is -0.543. The van der Waals surface area contributed by atoms with Gasteiger partial charge in [-0.2, -0.15) is 5.48 Å². The summed E-state index contributed by atoms with van der Waals surface area (Å²) >= 11 is 0. The first-order chi connectivity index (χ1) is 13.2. The SMILES string of the molecule is C[C@@H](CN1CCCc2c(cccc2NC(=O)OC(C)(C)C)C1)NC(=O)CNO. The average molecular weight is 393 g/mol. The molecule has 0 aliphatic carbocycles. The third-order valence-corrected chi connectivity index (χ3v) is 4.38. The molecule has 28 heavy (non-hydrogen) atoms. The van der Waals surface area contributed by atoms with E-state index in [1.807, 2.05) is 45.3 Å². The van der Waals surface area contributed by atoms with Gasteiger partial charge in [0.15, 0.2) is 0 Å². The number of carbonyl (C=O) groups excluding carboxylic acids is 2. The number of hydroxylamine groups is 1. The molecule has 0 radical (unpaired) electrons. The molecule has 0 fully saturated rings. The number of amides is 2. The molecule has 1 aromatic rings. The summed E-state index contributed by atoms with van der Waals surface area (Å²) in [4.78, 5) is 26.1. The Morgan fingerprint density at radius 2 is 2.07 bits per heavy atom. The molecule has 0 saturated carbocycles. The van der Waals surface area contributed by atoms with E-state index in [4.69, 9.17) is 9.94 Å². The molecule has 1 aliphatic rings. The largest absolute Gasteiger partial charge is 0.444 e. The molecule has 156 valence electrons. The second-order valence-corrected chi connectivity index (χ2v) is 8.21. The van der Waals surface area contributed by atoms with Crippen LogP contribution in [0.2, 0.25) is 0 Å². The highest BCUT2D eigenvalue weighted by Gasteiger charge is 2.21. The van der Waals surface area contributed by atoms with Crippen LogP contribution in [0.4, 0.5) is 10.5 Å². The van der Waals surface area contributed by atoms with Gasteiger partial charge in [-0.3, -0.25) is 15.0 Å². The van der Waals surface area contributed by atoms with E-state index in [1.54, 1.807) is 0 Å². The van der Waals surface area contributed by atoms with E-state index in [1.165, 1.54) is 5.56 Å². The number of benzene rings is 1. The van der Waals surface area contributed by atoms with Crippen molar-refractivity contribution in [3.63, 3.8) is 0 Å². The van der Waals surface area contributed by atoms with Crippen molar-refractivity contribution in [2.24, 2.45) is 0 Å². The number of hydrogen-bond acceptors (Lipinski definition) is 6. The van der Waals surface area contributed by atoms with Crippen LogP contribution in [0.5, 0.6) is 0 Å². The lowest BCUT2D eigenvalue weighted by Gasteiger charge is -2.25. The number of rotatable bonds is 6. The van der Waals surface area contributed by atoms with Gasteiger partial charge in [0.1, 0.15) is 5.60 Å². The Labute approximate surface area is 166 Å². The topological polar surface area (TPSA) is 103 Å². The highest BCUT2D eigenvalue weighted by molar-refractivity contribution is 5.86. The molecule has 0 aromatic heterocycles. The highest BCUT2D eigenvalue weighted by Crippen LogP contribution is 2.26. The maximum atomic E-state index is 12.2. The zero-order chi connectivity index (χ0) is 20.7. The number of fused-ring (bicyclic) bond motifs is 1. The first-order valence-electron chi connectivity index (χ1n) is 9.67. The van der Waals surface area contributed by atoms with Crippen molar-refractivity contribution >= 4 is 17.7 Å². The van der Waals surface area contributed by atoms with Crippen LogP contribution < -0.4 is 16.1 Å². The van der Waals surface area contributed by atoms with Gasteiger partial charge < -0.3 is 15.3 Å². The van der Waals surface area contributed by atoms with E-state index in [-0.39, 0.29) is 18.5 Å².